The number of aromatic nitrogens is 1. The van der Waals surface area contributed by atoms with Crippen molar-refractivity contribution in [3.8, 4) is 22.3 Å². The lowest BCUT2D eigenvalue weighted by molar-refractivity contribution is -0.196. The number of carbonyl (C=O) groups is 4. The quantitative estimate of drug-likeness (QED) is 0.0868. The van der Waals surface area contributed by atoms with Gasteiger partial charge in [-0.3, -0.25) is 24.1 Å². The summed E-state index contributed by atoms with van der Waals surface area (Å²) in [6, 6.07) is 18.5. The normalized spacial score (nSPS) is 23.1. The SMILES string of the molecule is Cc1ncsc1-c1ccc([C@H](C)NC(=O)[C@@H]2C[C@@H](O)CN2C(=O)[C@@H](NC(=O)CN2CCN(CC3(Cc4ccc(C(=O)CC5C(C)(C)C(Oc6ccc(C#N)c(C(F)(F)F)c6)C5(C)C)cc4)COC3)CC2)C(C)(C)C)cc1. The Morgan fingerprint density at radius 2 is 1.58 bits per heavy atom. The Morgan fingerprint density at radius 3 is 2.14 bits per heavy atom. The molecule has 1 aliphatic carbocycles. The van der Waals surface area contributed by atoms with Crippen LogP contribution in [0.4, 0.5) is 13.2 Å². The minimum absolute atomic E-state index is 0.0135. The van der Waals surface area contributed by atoms with E-state index in [1.807, 2.05) is 116 Å². The van der Waals surface area contributed by atoms with Gasteiger partial charge in [0.25, 0.3) is 0 Å². The molecule has 1 saturated carbocycles. The van der Waals surface area contributed by atoms with Crippen LogP contribution in [-0.4, -0.2) is 132 Å². The number of piperazine rings is 1. The molecule has 0 bridgehead atoms. The van der Waals surface area contributed by atoms with E-state index in [-0.39, 0.29) is 66.7 Å². The Labute approximate surface area is 448 Å². The maximum absolute atomic E-state index is 14.3. The van der Waals surface area contributed by atoms with Gasteiger partial charge in [0, 0.05) is 73.9 Å². The lowest BCUT2D eigenvalue weighted by Gasteiger charge is -2.63. The number of ketones is 1. The lowest BCUT2D eigenvalue weighted by Crippen LogP contribution is -2.66. The summed E-state index contributed by atoms with van der Waals surface area (Å²) in [6.45, 7) is 22.2. The number of hydrogen-bond donors (Lipinski definition) is 3. The molecule has 1 aromatic heterocycles. The van der Waals surface area contributed by atoms with E-state index in [9.17, 15) is 42.7 Å². The number of hydrogen-bond acceptors (Lipinski definition) is 12. The molecule has 0 spiro atoms. The van der Waals surface area contributed by atoms with Crippen LogP contribution in [0.2, 0.25) is 0 Å². The van der Waals surface area contributed by atoms with E-state index in [0.717, 1.165) is 65.4 Å². The van der Waals surface area contributed by atoms with Crippen LogP contribution in [-0.2, 0) is 31.7 Å². The zero-order chi connectivity index (χ0) is 55.1. The Hall–Kier alpha value is -5.71. The second-order valence-electron chi connectivity index (χ2n) is 23.9. The van der Waals surface area contributed by atoms with E-state index in [2.05, 4.69) is 25.4 Å². The molecule has 14 nitrogen and oxygen atoms in total. The van der Waals surface area contributed by atoms with Gasteiger partial charge in [-0.1, -0.05) is 97.0 Å². The minimum atomic E-state index is -4.70. The van der Waals surface area contributed by atoms with Gasteiger partial charge in [0.2, 0.25) is 17.7 Å². The molecule has 8 rings (SSSR count). The number of thiazole rings is 1. The van der Waals surface area contributed by atoms with Gasteiger partial charge in [-0.2, -0.15) is 18.4 Å². The van der Waals surface area contributed by atoms with Gasteiger partial charge in [0.05, 0.1) is 65.2 Å². The zero-order valence-electron chi connectivity index (χ0n) is 45.1. The molecule has 3 saturated heterocycles. The summed E-state index contributed by atoms with van der Waals surface area (Å²) in [5.74, 6) is -1.16. The first kappa shape index (κ1) is 56.5. The van der Waals surface area contributed by atoms with Gasteiger partial charge >= 0.3 is 6.18 Å². The number of rotatable bonds is 17. The lowest BCUT2D eigenvalue weighted by atomic mass is 9.44. The Balaban J connectivity index is 0.800. The first-order chi connectivity index (χ1) is 35.7. The minimum Gasteiger partial charge on any atom is -0.489 e. The van der Waals surface area contributed by atoms with Crippen LogP contribution < -0.4 is 15.4 Å². The molecule has 3 aromatic carbocycles. The number of β-amino-alcohol motifs (C(OH)–C–C–N with tert-alkyl or cyclic N) is 1. The van der Waals surface area contributed by atoms with Crippen LogP contribution in [0.1, 0.15) is 113 Å². The third-order valence-electron chi connectivity index (χ3n) is 16.3. The van der Waals surface area contributed by atoms with Crippen LogP contribution in [0.25, 0.3) is 10.4 Å². The number of nitriles is 1. The molecular weight excluding hydrogens is 996 g/mol. The number of aryl methyl sites for hydroxylation is 1. The fourth-order valence-corrected chi connectivity index (χ4v) is 13.1. The molecule has 4 aromatic rings. The summed E-state index contributed by atoms with van der Waals surface area (Å²) in [4.78, 5) is 67.0. The van der Waals surface area contributed by atoms with Gasteiger partial charge in [-0.05, 0) is 66.5 Å². The Morgan fingerprint density at radius 1 is 0.934 bits per heavy atom. The number of carbonyl (C=O) groups excluding carboxylic acids is 4. The van der Waals surface area contributed by atoms with E-state index < -0.39 is 63.7 Å². The highest BCUT2D eigenvalue weighted by molar-refractivity contribution is 7.13. The first-order valence-electron chi connectivity index (χ1n) is 26.2. The maximum Gasteiger partial charge on any atom is 0.417 e. The monoisotopic (exact) mass is 1070 g/mol. The van der Waals surface area contributed by atoms with E-state index in [4.69, 9.17) is 9.47 Å². The number of Topliss-reactive ketones (excluding diaryl/α,β-unsaturated/α-hetero) is 1. The number of benzene rings is 3. The van der Waals surface area contributed by atoms with Crippen LogP contribution in [0, 0.1) is 45.8 Å². The van der Waals surface area contributed by atoms with Crippen molar-refractivity contribution in [2.24, 2.45) is 27.6 Å². The second kappa shape index (κ2) is 22.0. The highest BCUT2D eigenvalue weighted by atomic mass is 32.1. The van der Waals surface area contributed by atoms with Gasteiger partial charge in [0.15, 0.2) is 5.78 Å². The third-order valence-corrected chi connectivity index (χ3v) is 17.3. The molecule has 408 valence electrons. The number of aliphatic hydroxyl groups is 1. The molecule has 18 heteroatoms. The highest BCUT2D eigenvalue weighted by Gasteiger charge is 2.63. The van der Waals surface area contributed by atoms with Crippen LogP contribution in [0.15, 0.2) is 72.2 Å². The standard InChI is InChI=1S/C58H72F3N7O7S/c1-35(38-14-16-40(17-15-38)49-36(2)63-34-76-49)64-51(72)45-24-42(69)29-68(45)52(73)50(54(3,4)5)65-48(71)30-66-20-22-67(23-21-66)31-57(32-74-33-57)27-37-10-12-39(13-11-37)46(70)26-47-55(6,7)53(56(47,8)9)75-43-19-18-41(28-62)44(25-43)58(59,60)61/h10-19,25,34-35,42,45,47,50,53,69H,20-24,26-27,29-33H2,1-9H3,(H,64,72)(H,65,71)/t35-,42+,45-,47?,50+,53?/m0/s1. The third kappa shape index (κ3) is 12.2. The molecule has 4 atom stereocenters. The summed E-state index contributed by atoms with van der Waals surface area (Å²) < 4.78 is 53.1. The number of likely N-dealkylation sites (tertiary alicyclic amines) is 1. The predicted molar refractivity (Wildman–Crippen MR) is 283 cm³/mol. The van der Waals surface area contributed by atoms with Crippen LogP contribution in [0.5, 0.6) is 5.75 Å². The van der Waals surface area contributed by atoms with Crippen LogP contribution >= 0.6 is 11.3 Å². The molecule has 3 amide bonds. The van der Waals surface area contributed by atoms with E-state index in [1.165, 1.54) is 11.0 Å². The van der Waals surface area contributed by atoms with E-state index >= 15 is 0 Å². The summed E-state index contributed by atoms with van der Waals surface area (Å²) in [7, 11) is 0. The van der Waals surface area contributed by atoms with Gasteiger partial charge in [-0.25, -0.2) is 4.98 Å². The molecule has 3 aliphatic heterocycles. The second-order valence-corrected chi connectivity index (χ2v) is 24.8. The summed E-state index contributed by atoms with van der Waals surface area (Å²) >= 11 is 1.57. The predicted octanol–water partition coefficient (Wildman–Crippen LogP) is 8.26. The molecule has 0 unspecified atom stereocenters. The van der Waals surface area contributed by atoms with Crippen molar-refractivity contribution in [1.29, 1.82) is 5.26 Å². The largest absolute Gasteiger partial charge is 0.489 e. The topological polar surface area (TPSA) is 177 Å². The summed E-state index contributed by atoms with van der Waals surface area (Å²) in [6.07, 6.45) is -4.96. The van der Waals surface area contributed by atoms with Crippen molar-refractivity contribution in [3.63, 3.8) is 0 Å². The van der Waals surface area contributed by atoms with E-state index in [0.29, 0.717) is 31.9 Å². The first-order valence-corrected chi connectivity index (χ1v) is 27.1. The number of nitrogens with one attached hydrogen (secondary N) is 2. The maximum atomic E-state index is 14.3. The molecule has 4 aliphatic rings. The average Bonchev–Trinajstić information content (AvgIpc) is 3.98. The molecular formula is C58H72F3N7O7S. The van der Waals surface area contributed by atoms with Crippen molar-refractivity contribution in [2.45, 2.75) is 118 Å². The smallest absolute Gasteiger partial charge is 0.417 e. The summed E-state index contributed by atoms with van der Waals surface area (Å²) in [5.41, 5.74) is 3.02. The fraction of sp³-hybridized carbons (Fsp3) is 0.552. The number of alkyl halides is 3. The van der Waals surface area contributed by atoms with Gasteiger partial charge in [0.1, 0.15) is 23.9 Å². The number of amides is 3. The van der Waals surface area contributed by atoms with Gasteiger partial charge in [-0.15, -0.1) is 11.3 Å². The summed E-state index contributed by atoms with van der Waals surface area (Å²) in [5, 5.41) is 26.0. The average molecular weight is 1070 g/mol. The van der Waals surface area contributed by atoms with Crippen molar-refractivity contribution < 1.29 is 46.9 Å². The molecule has 4 heterocycles. The number of ether oxygens (including phenoxy) is 2. The highest BCUT2D eigenvalue weighted by Crippen LogP contribution is 2.62. The zero-order valence-corrected chi connectivity index (χ0v) is 45.9. The number of halogens is 3. The Kier molecular flexibility index (Phi) is 16.3. The molecule has 76 heavy (non-hydrogen) atoms. The van der Waals surface area contributed by atoms with Crippen molar-refractivity contribution in [1.82, 2.24) is 30.3 Å². The van der Waals surface area contributed by atoms with Crippen molar-refractivity contribution >= 4 is 34.8 Å². The Bertz CT molecular complexity index is 2790. The molecule has 0 radical (unpaired) electrons. The van der Waals surface area contributed by atoms with Crippen LogP contribution in [0.3, 0.4) is 0 Å². The van der Waals surface area contributed by atoms with Crippen molar-refractivity contribution in [2.75, 3.05) is 59.0 Å². The van der Waals surface area contributed by atoms with Gasteiger partial charge < -0.3 is 35.0 Å². The van der Waals surface area contributed by atoms with Crippen molar-refractivity contribution in [3.05, 3.63) is 106 Å². The van der Waals surface area contributed by atoms with E-state index in [1.54, 1.807) is 17.4 Å². The number of aliphatic hydroxyl groups excluding tert-OH is 1. The molecule has 3 N–H and O–H groups in total. The number of nitrogens with zero attached hydrogens (tertiary/aromatic N) is 5. The molecule has 4 fully saturated rings. The fourth-order valence-electron chi connectivity index (χ4n) is 12.3.